The largest absolute Gasteiger partial charge is 0.207 e. The summed E-state index contributed by atoms with van der Waals surface area (Å²) >= 11 is 0. The second-order valence-corrected chi connectivity index (χ2v) is 11.7. The lowest BCUT2D eigenvalue weighted by Crippen LogP contribution is -2.20. The summed E-state index contributed by atoms with van der Waals surface area (Å²) in [5, 5.41) is 0. The third kappa shape index (κ3) is 5.10. The zero-order valence-electron chi connectivity index (χ0n) is 18.0. The van der Waals surface area contributed by atoms with Gasteiger partial charge in [-0.1, -0.05) is 105 Å². The predicted octanol–water partition coefficient (Wildman–Crippen LogP) is 8.72. The number of hydrogen-bond acceptors (Lipinski definition) is 0. The molecule has 0 saturated carbocycles. The van der Waals surface area contributed by atoms with Crippen LogP contribution in [0.5, 0.6) is 0 Å². The zero-order chi connectivity index (χ0) is 20.8. The normalized spacial score (nSPS) is 15.4. The molecule has 0 bridgehead atoms. The lowest BCUT2D eigenvalue weighted by atomic mass is 9.90. The maximum Gasteiger partial charge on any atom is 0.123 e. The van der Waals surface area contributed by atoms with Crippen LogP contribution in [0, 0.1) is 5.82 Å². The van der Waals surface area contributed by atoms with E-state index in [0.29, 0.717) is 0 Å². The summed E-state index contributed by atoms with van der Waals surface area (Å²) in [5.41, 5.74) is 6.16. The van der Waals surface area contributed by atoms with Crippen molar-refractivity contribution in [2.24, 2.45) is 0 Å². The Morgan fingerprint density at radius 2 is 1.33 bits per heavy atom. The summed E-state index contributed by atoms with van der Waals surface area (Å²) in [6, 6.07) is 29.0. The SMILES string of the molecule is CCCCC[Si]1CCC(c2ccc(-c3ccccc3-c3ccc(F)cc3)cc2)CC1. The molecular weight excluding hydrogens is 383 g/mol. The van der Waals surface area contributed by atoms with Gasteiger partial charge in [0.2, 0.25) is 0 Å². The molecule has 155 valence electrons. The number of unbranched alkanes of at least 4 members (excludes halogenated alkanes) is 2. The summed E-state index contributed by atoms with van der Waals surface area (Å²) in [4.78, 5) is 0. The fraction of sp³-hybridized carbons (Fsp3) is 0.357. The summed E-state index contributed by atoms with van der Waals surface area (Å²) in [6.45, 7) is 2.30. The van der Waals surface area contributed by atoms with Gasteiger partial charge in [0.25, 0.3) is 0 Å². The molecule has 0 atom stereocenters. The molecule has 0 unspecified atom stereocenters. The van der Waals surface area contributed by atoms with Gasteiger partial charge in [-0.25, -0.2) is 4.39 Å². The van der Waals surface area contributed by atoms with E-state index < -0.39 is 0 Å². The molecule has 0 amide bonds. The van der Waals surface area contributed by atoms with Crippen molar-refractivity contribution in [2.45, 2.75) is 63.1 Å². The van der Waals surface area contributed by atoms with Gasteiger partial charge in [0, 0.05) is 8.80 Å². The van der Waals surface area contributed by atoms with Crippen molar-refractivity contribution >= 4 is 8.80 Å². The second-order valence-electron chi connectivity index (χ2n) is 8.66. The highest BCUT2D eigenvalue weighted by atomic mass is 28.3. The van der Waals surface area contributed by atoms with Gasteiger partial charge >= 0.3 is 0 Å². The maximum atomic E-state index is 13.4. The number of hydrogen-bond donors (Lipinski definition) is 0. The van der Waals surface area contributed by atoms with Crippen LogP contribution in [-0.2, 0) is 0 Å². The van der Waals surface area contributed by atoms with Gasteiger partial charge in [-0.05, 0) is 58.7 Å². The molecule has 3 aromatic carbocycles. The quantitative estimate of drug-likeness (QED) is 0.267. The molecule has 1 aliphatic heterocycles. The molecule has 2 heteroatoms. The van der Waals surface area contributed by atoms with E-state index in [9.17, 15) is 4.39 Å². The van der Waals surface area contributed by atoms with Gasteiger partial charge in [0.15, 0.2) is 0 Å². The highest BCUT2D eigenvalue weighted by Crippen LogP contribution is 2.37. The molecule has 4 rings (SSSR count). The fourth-order valence-corrected chi connectivity index (χ4v) is 7.80. The first-order chi connectivity index (χ1) is 14.7. The standard InChI is InChI=1S/C28H32FSi/c1-2-3-6-19-30-20-17-23(18-21-30)22-9-11-24(12-10-22)27-7-4-5-8-28(27)25-13-15-26(29)16-14-25/h4-5,7-16,23H,2-3,6,17-21H2,1H3. The van der Waals surface area contributed by atoms with Gasteiger partial charge in [-0.15, -0.1) is 0 Å². The summed E-state index contributed by atoms with van der Waals surface area (Å²) in [7, 11) is -0.0763. The molecule has 1 saturated heterocycles. The van der Waals surface area contributed by atoms with Crippen molar-refractivity contribution < 1.29 is 4.39 Å². The second kappa shape index (κ2) is 10.2. The molecule has 0 nitrogen and oxygen atoms in total. The van der Waals surface area contributed by atoms with Gasteiger partial charge in [0.1, 0.15) is 5.82 Å². The molecule has 0 N–H and O–H groups in total. The van der Waals surface area contributed by atoms with E-state index in [2.05, 4.69) is 55.5 Å². The van der Waals surface area contributed by atoms with Crippen LogP contribution < -0.4 is 0 Å². The van der Waals surface area contributed by atoms with Gasteiger partial charge in [0.05, 0.1) is 0 Å². The molecular formula is C28H32FSi. The van der Waals surface area contributed by atoms with Crippen molar-refractivity contribution in [3.63, 3.8) is 0 Å². The molecule has 0 aromatic heterocycles. The zero-order valence-corrected chi connectivity index (χ0v) is 19.0. The number of benzene rings is 3. The van der Waals surface area contributed by atoms with E-state index >= 15 is 0 Å². The third-order valence-electron chi connectivity index (χ3n) is 6.60. The van der Waals surface area contributed by atoms with E-state index in [4.69, 9.17) is 0 Å². The molecule has 30 heavy (non-hydrogen) atoms. The summed E-state index contributed by atoms with van der Waals surface area (Å²) < 4.78 is 13.4. The Balaban J connectivity index is 1.46. The van der Waals surface area contributed by atoms with E-state index in [0.717, 1.165) is 17.0 Å². The average Bonchev–Trinajstić information content (AvgIpc) is 2.80. The summed E-state index contributed by atoms with van der Waals surface area (Å²) in [6.07, 6.45) is 6.97. The molecule has 0 spiro atoms. The van der Waals surface area contributed by atoms with Crippen LogP contribution in [0.2, 0.25) is 18.1 Å². The lowest BCUT2D eigenvalue weighted by molar-refractivity contribution is 0.603. The lowest BCUT2D eigenvalue weighted by Gasteiger charge is -2.28. The molecule has 1 aliphatic rings. The molecule has 1 fully saturated rings. The highest BCUT2D eigenvalue weighted by Gasteiger charge is 2.23. The first kappa shape index (κ1) is 21.1. The molecule has 1 heterocycles. The van der Waals surface area contributed by atoms with Crippen LogP contribution >= 0.6 is 0 Å². The molecule has 3 aromatic rings. The first-order valence-electron chi connectivity index (χ1n) is 11.5. The van der Waals surface area contributed by atoms with E-state index in [1.54, 1.807) is 0 Å². The van der Waals surface area contributed by atoms with Crippen LogP contribution in [0.4, 0.5) is 4.39 Å². The van der Waals surface area contributed by atoms with Crippen molar-refractivity contribution in [3.8, 4) is 22.3 Å². The minimum absolute atomic E-state index is 0.0763. The smallest absolute Gasteiger partial charge is 0.123 e. The Labute approximate surface area is 182 Å². The average molecular weight is 416 g/mol. The monoisotopic (exact) mass is 415 g/mol. The Kier molecular flexibility index (Phi) is 7.17. The van der Waals surface area contributed by atoms with Crippen LogP contribution in [0.1, 0.15) is 50.5 Å². The van der Waals surface area contributed by atoms with Crippen LogP contribution in [0.3, 0.4) is 0 Å². The van der Waals surface area contributed by atoms with Crippen LogP contribution in [0.15, 0.2) is 72.8 Å². The minimum atomic E-state index is -0.192. The van der Waals surface area contributed by atoms with Crippen LogP contribution in [-0.4, -0.2) is 8.80 Å². The van der Waals surface area contributed by atoms with E-state index in [-0.39, 0.29) is 14.6 Å². The maximum absolute atomic E-state index is 13.4. The Morgan fingerprint density at radius 1 is 0.767 bits per heavy atom. The Morgan fingerprint density at radius 3 is 1.90 bits per heavy atom. The highest BCUT2D eigenvalue weighted by molar-refractivity contribution is 6.59. The number of halogens is 1. The van der Waals surface area contributed by atoms with Gasteiger partial charge < -0.3 is 0 Å². The molecule has 0 aliphatic carbocycles. The van der Waals surface area contributed by atoms with Crippen molar-refractivity contribution in [2.75, 3.05) is 0 Å². The third-order valence-corrected chi connectivity index (χ3v) is 9.65. The fourth-order valence-electron chi connectivity index (χ4n) is 4.79. The van der Waals surface area contributed by atoms with Crippen molar-refractivity contribution in [1.82, 2.24) is 0 Å². The van der Waals surface area contributed by atoms with Crippen molar-refractivity contribution in [1.29, 1.82) is 0 Å². The Hall–Kier alpha value is -2.19. The number of rotatable bonds is 7. The van der Waals surface area contributed by atoms with E-state index in [1.807, 2.05) is 12.1 Å². The minimum Gasteiger partial charge on any atom is -0.207 e. The van der Waals surface area contributed by atoms with E-state index in [1.165, 1.54) is 79.1 Å². The van der Waals surface area contributed by atoms with Gasteiger partial charge in [-0.2, -0.15) is 0 Å². The van der Waals surface area contributed by atoms with Gasteiger partial charge in [-0.3, -0.25) is 0 Å². The molecule has 1 radical (unpaired) electrons. The Bertz CT molecular complexity index is 922. The predicted molar refractivity (Wildman–Crippen MR) is 129 cm³/mol. The summed E-state index contributed by atoms with van der Waals surface area (Å²) in [5.74, 6) is 0.550. The van der Waals surface area contributed by atoms with Crippen molar-refractivity contribution in [3.05, 3.63) is 84.2 Å². The first-order valence-corrected chi connectivity index (χ1v) is 13.7. The topological polar surface area (TPSA) is 0 Å². The van der Waals surface area contributed by atoms with Crippen LogP contribution in [0.25, 0.3) is 22.3 Å².